The molecule has 0 heterocycles. The number of hydrogen-bond donors (Lipinski definition) is 3. The molecule has 0 aliphatic rings. The molecule has 2 rings (SSSR count). The maximum Gasteiger partial charge on any atom is 0.335 e. The van der Waals surface area contributed by atoms with E-state index in [1.165, 1.54) is 31.2 Å². The molecular weight excluding hydrogens is 332 g/mol. The Labute approximate surface area is 139 Å². The van der Waals surface area contributed by atoms with E-state index in [0.29, 0.717) is 11.3 Å². The van der Waals surface area contributed by atoms with Crippen molar-refractivity contribution in [3.63, 3.8) is 0 Å². The zero-order valence-electron chi connectivity index (χ0n) is 13.0. The van der Waals surface area contributed by atoms with E-state index in [-0.39, 0.29) is 22.1 Å². The lowest BCUT2D eigenvalue weighted by Gasteiger charge is -2.11. The van der Waals surface area contributed by atoms with E-state index in [2.05, 4.69) is 10.0 Å². The average Bonchev–Trinajstić information content (AvgIpc) is 2.46. The second-order valence-corrected chi connectivity index (χ2v) is 6.83. The van der Waals surface area contributed by atoms with Crippen molar-refractivity contribution < 1.29 is 23.1 Å². The number of rotatable bonds is 5. The fourth-order valence-electron chi connectivity index (χ4n) is 2.08. The van der Waals surface area contributed by atoms with Gasteiger partial charge in [-0.3, -0.25) is 9.52 Å². The minimum atomic E-state index is -3.96. The van der Waals surface area contributed by atoms with Crippen molar-refractivity contribution >= 4 is 33.3 Å². The molecule has 7 nitrogen and oxygen atoms in total. The lowest BCUT2D eigenvalue weighted by atomic mass is 10.1. The summed E-state index contributed by atoms with van der Waals surface area (Å²) in [5.41, 5.74) is 1.08. The van der Waals surface area contributed by atoms with Crippen LogP contribution in [0.25, 0.3) is 0 Å². The highest BCUT2D eigenvalue weighted by molar-refractivity contribution is 7.92. The number of sulfonamides is 1. The first kappa shape index (κ1) is 17.5. The number of aromatic carboxylic acids is 1. The Kier molecular flexibility index (Phi) is 4.89. The summed E-state index contributed by atoms with van der Waals surface area (Å²) < 4.78 is 27.2. The summed E-state index contributed by atoms with van der Waals surface area (Å²) in [6.45, 7) is 2.93. The normalized spacial score (nSPS) is 10.9. The molecule has 24 heavy (non-hydrogen) atoms. The van der Waals surface area contributed by atoms with Crippen molar-refractivity contribution in [2.75, 3.05) is 10.0 Å². The number of anilines is 2. The Balaban J connectivity index is 2.34. The number of aryl methyl sites for hydroxylation is 1. The number of carboxylic acid groups (broad SMARTS) is 1. The molecule has 126 valence electrons. The highest BCUT2D eigenvalue weighted by atomic mass is 32.2. The van der Waals surface area contributed by atoms with Crippen LogP contribution in [-0.2, 0) is 14.8 Å². The molecule has 0 atom stereocenters. The van der Waals surface area contributed by atoms with E-state index in [4.69, 9.17) is 5.11 Å². The van der Waals surface area contributed by atoms with Crippen LogP contribution in [0.4, 0.5) is 11.4 Å². The van der Waals surface area contributed by atoms with Crippen LogP contribution in [0, 0.1) is 6.92 Å². The minimum absolute atomic E-state index is 0.0788. The molecule has 0 aliphatic carbocycles. The molecular formula is C16H16N2O5S. The quantitative estimate of drug-likeness (QED) is 0.768. The van der Waals surface area contributed by atoms with Gasteiger partial charge in [0.25, 0.3) is 10.0 Å². The molecule has 0 aromatic heterocycles. The summed E-state index contributed by atoms with van der Waals surface area (Å²) in [4.78, 5) is 22.1. The van der Waals surface area contributed by atoms with Crippen LogP contribution in [0.3, 0.4) is 0 Å². The van der Waals surface area contributed by atoms with E-state index in [1.807, 2.05) is 0 Å². The van der Waals surface area contributed by atoms with Gasteiger partial charge in [0.05, 0.1) is 16.1 Å². The van der Waals surface area contributed by atoms with E-state index in [9.17, 15) is 18.0 Å². The summed E-state index contributed by atoms with van der Waals surface area (Å²) in [5, 5.41) is 11.7. The molecule has 2 aromatic carbocycles. The van der Waals surface area contributed by atoms with Crippen LogP contribution in [0.5, 0.6) is 0 Å². The molecule has 3 N–H and O–H groups in total. The van der Waals surface area contributed by atoms with Gasteiger partial charge >= 0.3 is 5.97 Å². The van der Waals surface area contributed by atoms with Crippen molar-refractivity contribution in [2.24, 2.45) is 0 Å². The number of hydrogen-bond acceptors (Lipinski definition) is 4. The molecule has 0 aliphatic heterocycles. The molecule has 0 radical (unpaired) electrons. The third-order valence-corrected chi connectivity index (χ3v) is 4.56. The Morgan fingerprint density at radius 1 is 1.04 bits per heavy atom. The summed E-state index contributed by atoms with van der Waals surface area (Å²) >= 11 is 0. The second kappa shape index (κ2) is 6.71. The maximum absolute atomic E-state index is 12.4. The zero-order valence-corrected chi connectivity index (χ0v) is 13.8. The molecule has 0 saturated heterocycles. The van der Waals surface area contributed by atoms with Crippen molar-refractivity contribution in [1.82, 2.24) is 0 Å². The number of amides is 1. The van der Waals surface area contributed by atoms with Gasteiger partial charge in [-0.25, -0.2) is 13.2 Å². The third-order valence-electron chi connectivity index (χ3n) is 3.18. The second-order valence-electron chi connectivity index (χ2n) is 5.15. The largest absolute Gasteiger partial charge is 0.478 e. The van der Waals surface area contributed by atoms with Crippen LogP contribution >= 0.6 is 0 Å². The van der Waals surface area contributed by atoms with Crippen LogP contribution in [0.15, 0.2) is 47.4 Å². The lowest BCUT2D eigenvalue weighted by molar-refractivity contribution is -0.114. The number of nitrogens with one attached hydrogen (secondary N) is 2. The van der Waals surface area contributed by atoms with Gasteiger partial charge in [-0.15, -0.1) is 0 Å². The molecule has 0 saturated carbocycles. The summed E-state index contributed by atoms with van der Waals surface area (Å²) in [6.07, 6.45) is 0. The molecule has 0 unspecified atom stereocenters. The maximum atomic E-state index is 12.4. The molecule has 1 amide bonds. The number of benzene rings is 2. The lowest BCUT2D eigenvalue weighted by Crippen LogP contribution is -2.14. The number of carbonyl (C=O) groups is 2. The Bertz CT molecular complexity index is 906. The molecule has 2 aromatic rings. The zero-order chi connectivity index (χ0) is 17.9. The fraction of sp³-hybridized carbons (Fsp3) is 0.125. The number of carboxylic acids is 1. The van der Waals surface area contributed by atoms with Gasteiger partial charge in [-0.05, 0) is 42.8 Å². The minimum Gasteiger partial charge on any atom is -0.478 e. The Morgan fingerprint density at radius 2 is 1.71 bits per heavy atom. The van der Waals surface area contributed by atoms with Crippen LogP contribution in [0.2, 0.25) is 0 Å². The SMILES string of the molecule is CC(=O)Nc1cccc(NS(=O)(=O)c2ccc(C)c(C(=O)O)c2)c1. The predicted molar refractivity (Wildman–Crippen MR) is 89.7 cm³/mol. The van der Waals surface area contributed by atoms with Gasteiger partial charge in [0.15, 0.2) is 0 Å². The first-order valence-electron chi connectivity index (χ1n) is 6.93. The Morgan fingerprint density at radius 3 is 2.33 bits per heavy atom. The summed E-state index contributed by atoms with van der Waals surface area (Å²) in [6, 6.07) is 10.1. The highest BCUT2D eigenvalue weighted by Crippen LogP contribution is 2.21. The molecule has 0 bridgehead atoms. The van der Waals surface area contributed by atoms with Crippen LogP contribution < -0.4 is 10.0 Å². The van der Waals surface area contributed by atoms with Gasteiger partial charge in [-0.2, -0.15) is 0 Å². The monoisotopic (exact) mass is 348 g/mol. The van der Waals surface area contributed by atoms with Crippen molar-refractivity contribution in [3.8, 4) is 0 Å². The van der Waals surface area contributed by atoms with Crippen LogP contribution in [-0.4, -0.2) is 25.4 Å². The summed E-state index contributed by atoms with van der Waals surface area (Å²) in [5.74, 6) is -1.48. The molecule has 0 fully saturated rings. The number of carbonyl (C=O) groups excluding carboxylic acids is 1. The van der Waals surface area contributed by atoms with E-state index < -0.39 is 16.0 Å². The van der Waals surface area contributed by atoms with Gasteiger partial charge < -0.3 is 10.4 Å². The first-order chi connectivity index (χ1) is 11.2. The average molecular weight is 348 g/mol. The van der Waals surface area contributed by atoms with Crippen molar-refractivity contribution in [3.05, 3.63) is 53.6 Å². The van der Waals surface area contributed by atoms with Crippen molar-refractivity contribution in [1.29, 1.82) is 0 Å². The van der Waals surface area contributed by atoms with Gasteiger partial charge in [0.1, 0.15) is 0 Å². The fourth-order valence-corrected chi connectivity index (χ4v) is 3.15. The van der Waals surface area contributed by atoms with E-state index in [0.717, 1.165) is 6.07 Å². The van der Waals surface area contributed by atoms with Gasteiger partial charge in [0.2, 0.25) is 5.91 Å². The molecule has 0 spiro atoms. The predicted octanol–water partition coefficient (Wildman–Crippen LogP) is 2.45. The Hall–Kier alpha value is -2.87. The third kappa shape index (κ3) is 4.11. The smallest absolute Gasteiger partial charge is 0.335 e. The van der Waals surface area contributed by atoms with Gasteiger partial charge in [0, 0.05) is 12.6 Å². The standard InChI is InChI=1S/C16H16N2O5S/c1-10-6-7-14(9-15(10)16(20)21)24(22,23)18-13-5-3-4-12(8-13)17-11(2)19/h3-9,18H,1-2H3,(H,17,19)(H,20,21). The first-order valence-corrected chi connectivity index (χ1v) is 8.42. The van der Waals surface area contributed by atoms with Gasteiger partial charge in [-0.1, -0.05) is 12.1 Å². The van der Waals surface area contributed by atoms with Crippen molar-refractivity contribution in [2.45, 2.75) is 18.7 Å². The molecule has 8 heteroatoms. The van der Waals surface area contributed by atoms with E-state index in [1.54, 1.807) is 19.1 Å². The highest BCUT2D eigenvalue weighted by Gasteiger charge is 2.18. The summed E-state index contributed by atoms with van der Waals surface area (Å²) in [7, 11) is -3.96. The topological polar surface area (TPSA) is 113 Å². The van der Waals surface area contributed by atoms with E-state index >= 15 is 0 Å². The van der Waals surface area contributed by atoms with Crippen LogP contribution in [0.1, 0.15) is 22.8 Å².